The van der Waals surface area contributed by atoms with Gasteiger partial charge in [-0.3, -0.25) is 0 Å². The van der Waals surface area contributed by atoms with Crippen LogP contribution in [0.1, 0.15) is 19.5 Å². The van der Waals surface area contributed by atoms with Crippen LogP contribution in [0.3, 0.4) is 0 Å². The largest absolute Gasteiger partial charge is 0.402 e. The number of hydrogen-bond donors (Lipinski definition) is 0. The molecule has 5 nitrogen and oxygen atoms in total. The van der Waals surface area contributed by atoms with Crippen LogP contribution < -0.4 is 0 Å². The molecule has 0 saturated carbocycles. The molecule has 110 valence electrons. The second-order valence-electron chi connectivity index (χ2n) is 4.25. The lowest BCUT2D eigenvalue weighted by molar-refractivity contribution is -0.138. The van der Waals surface area contributed by atoms with Crippen molar-refractivity contribution in [3.05, 3.63) is 24.0 Å². The maximum atomic E-state index is 12.5. The molecule has 0 radical (unpaired) electrons. The van der Waals surface area contributed by atoms with Crippen LogP contribution in [-0.4, -0.2) is 36.5 Å². The molecular formula is C11H12F3N3O2S. The number of sulfonamides is 1. The lowest BCUT2D eigenvalue weighted by Gasteiger charge is -2.26. The number of alkyl halides is 3. The molecule has 0 aliphatic heterocycles. The van der Waals surface area contributed by atoms with Crippen molar-refractivity contribution < 1.29 is 21.6 Å². The standard InChI is InChI=1S/C11H12F3N3O2S/c1-8(2)17(7-11(12,13)14)20(18,19)10-4-3-9(5-15)16-6-10/h3-4,6,8H,7H2,1-2H3. The Kier molecular flexibility index (Phi) is 4.73. The molecule has 1 heterocycles. The van der Waals surface area contributed by atoms with Crippen molar-refractivity contribution in [3.8, 4) is 6.07 Å². The van der Waals surface area contributed by atoms with E-state index in [-0.39, 0.29) is 10.6 Å². The van der Waals surface area contributed by atoms with Crippen LogP contribution in [0.4, 0.5) is 13.2 Å². The molecule has 0 aliphatic rings. The molecule has 1 aromatic rings. The van der Waals surface area contributed by atoms with Crippen LogP contribution in [0.2, 0.25) is 0 Å². The summed E-state index contributed by atoms with van der Waals surface area (Å²) in [6.45, 7) is 1.12. The molecule has 1 rings (SSSR count). The fraction of sp³-hybridized carbons (Fsp3) is 0.455. The summed E-state index contributed by atoms with van der Waals surface area (Å²) in [5.41, 5.74) is -0.0177. The SMILES string of the molecule is CC(C)N(CC(F)(F)F)S(=O)(=O)c1ccc(C#N)nc1. The average Bonchev–Trinajstić information content (AvgIpc) is 2.34. The summed E-state index contributed by atoms with van der Waals surface area (Å²) in [5.74, 6) is 0. The fourth-order valence-electron chi connectivity index (χ4n) is 1.46. The number of hydrogen-bond acceptors (Lipinski definition) is 4. The first-order chi connectivity index (χ1) is 9.08. The molecule has 9 heteroatoms. The van der Waals surface area contributed by atoms with Gasteiger partial charge in [0, 0.05) is 12.2 Å². The van der Waals surface area contributed by atoms with Gasteiger partial charge in [-0.1, -0.05) is 0 Å². The Morgan fingerprint density at radius 2 is 2.00 bits per heavy atom. The van der Waals surface area contributed by atoms with Crippen LogP contribution in [-0.2, 0) is 10.0 Å². The monoisotopic (exact) mass is 307 g/mol. The van der Waals surface area contributed by atoms with E-state index in [4.69, 9.17) is 5.26 Å². The predicted octanol–water partition coefficient (Wildman–Crippen LogP) is 1.91. The number of pyridine rings is 1. The summed E-state index contributed by atoms with van der Waals surface area (Å²) in [7, 11) is -4.32. The third-order valence-electron chi connectivity index (χ3n) is 2.37. The first-order valence-electron chi connectivity index (χ1n) is 5.52. The Hall–Kier alpha value is -1.66. The second-order valence-corrected chi connectivity index (χ2v) is 6.14. The van der Waals surface area contributed by atoms with E-state index in [0.29, 0.717) is 4.31 Å². The van der Waals surface area contributed by atoms with E-state index in [1.807, 2.05) is 0 Å². The molecule has 1 aromatic heterocycles. The maximum absolute atomic E-state index is 12.5. The summed E-state index contributed by atoms with van der Waals surface area (Å²) < 4.78 is 62.0. The number of halogens is 3. The Bertz CT molecular complexity index is 603. The number of nitrogens with zero attached hydrogens (tertiary/aromatic N) is 3. The highest BCUT2D eigenvalue weighted by atomic mass is 32.2. The van der Waals surface area contributed by atoms with Gasteiger partial charge >= 0.3 is 6.18 Å². The van der Waals surface area contributed by atoms with Gasteiger partial charge in [0.05, 0.1) is 0 Å². The molecule has 0 spiro atoms. The van der Waals surface area contributed by atoms with Crippen LogP contribution >= 0.6 is 0 Å². The van der Waals surface area contributed by atoms with Crippen molar-refractivity contribution in [1.82, 2.24) is 9.29 Å². The zero-order valence-corrected chi connectivity index (χ0v) is 11.5. The van der Waals surface area contributed by atoms with E-state index in [1.54, 1.807) is 6.07 Å². The quantitative estimate of drug-likeness (QED) is 0.851. The van der Waals surface area contributed by atoms with Crippen molar-refractivity contribution in [1.29, 1.82) is 5.26 Å². The minimum Gasteiger partial charge on any atom is -0.244 e. The second kappa shape index (κ2) is 5.76. The summed E-state index contributed by atoms with van der Waals surface area (Å²) in [6, 6.07) is 3.03. The lowest BCUT2D eigenvalue weighted by Crippen LogP contribution is -2.43. The van der Waals surface area contributed by atoms with E-state index in [2.05, 4.69) is 4.98 Å². The highest BCUT2D eigenvalue weighted by molar-refractivity contribution is 7.89. The van der Waals surface area contributed by atoms with Gasteiger partial charge in [0.1, 0.15) is 23.2 Å². The van der Waals surface area contributed by atoms with Crippen molar-refractivity contribution in [2.45, 2.75) is 31.0 Å². The van der Waals surface area contributed by atoms with Crippen LogP contribution in [0, 0.1) is 11.3 Å². The van der Waals surface area contributed by atoms with Gasteiger partial charge < -0.3 is 0 Å². The zero-order valence-electron chi connectivity index (χ0n) is 10.7. The minimum atomic E-state index is -4.64. The number of nitriles is 1. The van der Waals surface area contributed by atoms with Crippen molar-refractivity contribution in [2.24, 2.45) is 0 Å². The van der Waals surface area contributed by atoms with E-state index >= 15 is 0 Å². The molecule has 0 saturated heterocycles. The molecule has 0 aliphatic carbocycles. The highest BCUT2D eigenvalue weighted by Gasteiger charge is 2.38. The van der Waals surface area contributed by atoms with E-state index in [9.17, 15) is 21.6 Å². The molecule has 0 bridgehead atoms. The molecule has 0 N–H and O–H groups in total. The Labute approximate surface area is 114 Å². The average molecular weight is 307 g/mol. The summed E-state index contributed by atoms with van der Waals surface area (Å²) >= 11 is 0. The van der Waals surface area contributed by atoms with Crippen LogP contribution in [0.25, 0.3) is 0 Å². The summed E-state index contributed by atoms with van der Waals surface area (Å²) in [6.07, 6.45) is -3.77. The van der Waals surface area contributed by atoms with Crippen LogP contribution in [0.15, 0.2) is 23.2 Å². The van der Waals surface area contributed by atoms with E-state index in [1.165, 1.54) is 13.8 Å². The molecule has 0 amide bonds. The lowest BCUT2D eigenvalue weighted by atomic mass is 10.4. The third kappa shape index (κ3) is 3.91. The predicted molar refractivity (Wildman–Crippen MR) is 64.0 cm³/mol. The zero-order chi connectivity index (χ0) is 15.6. The minimum absolute atomic E-state index is 0.0177. The summed E-state index contributed by atoms with van der Waals surface area (Å²) in [5, 5.41) is 8.56. The van der Waals surface area contributed by atoms with Gasteiger partial charge in [-0.05, 0) is 26.0 Å². The van der Waals surface area contributed by atoms with E-state index in [0.717, 1.165) is 18.3 Å². The number of rotatable bonds is 4. The van der Waals surface area contributed by atoms with E-state index < -0.39 is 28.8 Å². The van der Waals surface area contributed by atoms with Crippen molar-refractivity contribution >= 4 is 10.0 Å². The molecule has 0 atom stereocenters. The first kappa shape index (κ1) is 16.4. The van der Waals surface area contributed by atoms with Gasteiger partial charge in [0.15, 0.2) is 0 Å². The smallest absolute Gasteiger partial charge is 0.244 e. The fourth-order valence-corrected chi connectivity index (χ4v) is 3.02. The van der Waals surface area contributed by atoms with Gasteiger partial charge in [-0.2, -0.15) is 22.7 Å². The highest BCUT2D eigenvalue weighted by Crippen LogP contribution is 2.24. The van der Waals surface area contributed by atoms with Gasteiger partial charge in [-0.15, -0.1) is 0 Å². The van der Waals surface area contributed by atoms with Crippen molar-refractivity contribution in [3.63, 3.8) is 0 Å². The van der Waals surface area contributed by atoms with Gasteiger partial charge in [0.25, 0.3) is 0 Å². The summed E-state index contributed by atoms with van der Waals surface area (Å²) in [4.78, 5) is 3.17. The molecule has 0 fully saturated rings. The topological polar surface area (TPSA) is 74.1 Å². The van der Waals surface area contributed by atoms with Gasteiger partial charge in [0.2, 0.25) is 10.0 Å². The number of aromatic nitrogens is 1. The Balaban J connectivity index is 3.19. The van der Waals surface area contributed by atoms with Crippen LogP contribution in [0.5, 0.6) is 0 Å². The normalized spacial score (nSPS) is 12.7. The maximum Gasteiger partial charge on any atom is 0.402 e. The van der Waals surface area contributed by atoms with Gasteiger partial charge in [-0.25, -0.2) is 13.4 Å². The molecule has 20 heavy (non-hydrogen) atoms. The Morgan fingerprint density at radius 1 is 1.40 bits per heavy atom. The Morgan fingerprint density at radius 3 is 2.35 bits per heavy atom. The molecule has 0 aromatic carbocycles. The molecule has 0 unspecified atom stereocenters. The van der Waals surface area contributed by atoms with Crippen molar-refractivity contribution in [2.75, 3.05) is 6.54 Å². The molecular weight excluding hydrogens is 295 g/mol. The first-order valence-corrected chi connectivity index (χ1v) is 6.96. The third-order valence-corrected chi connectivity index (χ3v) is 4.37.